The van der Waals surface area contributed by atoms with Gasteiger partial charge in [-0.25, -0.2) is 0 Å². The maximum atomic E-state index is 4.91. The van der Waals surface area contributed by atoms with Crippen LogP contribution in [-0.2, 0) is 18.2 Å². The molecule has 0 aliphatic rings. The molecular weight excluding hydrogens is 152 g/mol. The Kier molecular flexibility index (Phi) is 6.38. The molecule has 0 atom stereocenters. The Hall–Kier alpha value is -0.830. The largest absolute Gasteiger partial charge is 0.384 e. The third kappa shape index (κ3) is 4.13. The van der Waals surface area contributed by atoms with Crippen molar-refractivity contribution < 1.29 is 4.74 Å². The second-order valence-electron chi connectivity index (χ2n) is 2.22. The fourth-order valence-corrected chi connectivity index (χ4v) is 0.803. The lowest BCUT2D eigenvalue weighted by atomic mass is 10.3. The van der Waals surface area contributed by atoms with Gasteiger partial charge in [0.25, 0.3) is 0 Å². The van der Waals surface area contributed by atoms with E-state index in [2.05, 4.69) is 5.10 Å². The molecule has 1 aromatic heterocycles. The van der Waals surface area contributed by atoms with Crippen LogP contribution in [0.5, 0.6) is 0 Å². The van der Waals surface area contributed by atoms with Crippen molar-refractivity contribution in [2.75, 3.05) is 13.7 Å². The van der Waals surface area contributed by atoms with Gasteiger partial charge in [0.05, 0.1) is 12.3 Å². The first-order valence-corrected chi connectivity index (χ1v) is 4.30. The molecule has 1 heterocycles. The zero-order valence-corrected chi connectivity index (χ0v) is 8.37. The van der Waals surface area contributed by atoms with E-state index in [1.807, 2.05) is 33.2 Å². The number of ether oxygens (including phenoxy) is 1. The van der Waals surface area contributed by atoms with E-state index in [9.17, 15) is 0 Å². The minimum atomic E-state index is 0.747. The lowest BCUT2D eigenvalue weighted by Crippen LogP contribution is -1.96. The van der Waals surface area contributed by atoms with Crippen LogP contribution in [0.25, 0.3) is 0 Å². The summed E-state index contributed by atoms with van der Waals surface area (Å²) in [6, 6.07) is 2.00. The van der Waals surface area contributed by atoms with Crippen molar-refractivity contribution in [3.63, 3.8) is 0 Å². The maximum absolute atomic E-state index is 4.91. The summed E-state index contributed by atoms with van der Waals surface area (Å²) in [5.41, 5.74) is 1.09. The zero-order chi connectivity index (χ0) is 9.40. The van der Waals surface area contributed by atoms with Crippen LogP contribution in [0.4, 0.5) is 0 Å². The number of aryl methyl sites for hydroxylation is 1. The Labute approximate surface area is 74.3 Å². The molecular formula is C9H18N2O. The molecule has 0 N–H and O–H groups in total. The number of hydrogen-bond donors (Lipinski definition) is 0. The first kappa shape index (κ1) is 11.2. The summed E-state index contributed by atoms with van der Waals surface area (Å²) in [6.45, 7) is 4.75. The Bertz CT molecular complexity index is 196. The molecule has 0 saturated heterocycles. The molecule has 0 aliphatic carbocycles. The quantitative estimate of drug-likeness (QED) is 0.689. The van der Waals surface area contributed by atoms with Crippen LogP contribution in [0.1, 0.15) is 19.5 Å². The molecule has 0 spiro atoms. The Morgan fingerprint density at radius 1 is 1.50 bits per heavy atom. The van der Waals surface area contributed by atoms with Crippen LogP contribution in [0.3, 0.4) is 0 Å². The maximum Gasteiger partial charge on any atom is 0.0647 e. The van der Waals surface area contributed by atoms with Gasteiger partial charge < -0.3 is 4.74 Å². The van der Waals surface area contributed by atoms with Crippen molar-refractivity contribution in [1.82, 2.24) is 9.78 Å². The van der Waals surface area contributed by atoms with Crippen LogP contribution < -0.4 is 0 Å². The molecule has 0 fully saturated rings. The fraction of sp³-hybridized carbons (Fsp3) is 0.667. The molecule has 3 nitrogen and oxygen atoms in total. The molecule has 70 valence electrons. The van der Waals surface area contributed by atoms with E-state index in [4.69, 9.17) is 4.74 Å². The van der Waals surface area contributed by atoms with Gasteiger partial charge in [0.2, 0.25) is 0 Å². The highest BCUT2D eigenvalue weighted by Crippen LogP contribution is 1.94. The minimum absolute atomic E-state index is 0.747. The molecule has 0 aliphatic heterocycles. The van der Waals surface area contributed by atoms with Gasteiger partial charge in [0, 0.05) is 26.8 Å². The van der Waals surface area contributed by atoms with Gasteiger partial charge in [-0.2, -0.15) is 5.10 Å². The molecule has 0 radical (unpaired) electrons. The molecule has 1 aromatic rings. The van der Waals surface area contributed by atoms with Gasteiger partial charge in [-0.1, -0.05) is 13.8 Å². The van der Waals surface area contributed by atoms with Crippen molar-refractivity contribution in [3.05, 3.63) is 18.0 Å². The van der Waals surface area contributed by atoms with Crippen LogP contribution >= 0.6 is 0 Å². The number of hydrogen-bond acceptors (Lipinski definition) is 2. The summed E-state index contributed by atoms with van der Waals surface area (Å²) in [5, 5.41) is 4.18. The highest BCUT2D eigenvalue weighted by Gasteiger charge is 1.93. The summed E-state index contributed by atoms with van der Waals surface area (Å²) >= 11 is 0. The predicted octanol–water partition coefficient (Wildman–Crippen LogP) is 1.64. The van der Waals surface area contributed by atoms with Crippen molar-refractivity contribution in [3.8, 4) is 0 Å². The zero-order valence-electron chi connectivity index (χ0n) is 8.37. The Morgan fingerprint density at radius 2 is 2.17 bits per heavy atom. The number of aromatic nitrogens is 2. The number of rotatable bonds is 3. The van der Waals surface area contributed by atoms with Gasteiger partial charge in [-0.15, -0.1) is 0 Å². The third-order valence-corrected chi connectivity index (χ3v) is 1.33. The van der Waals surface area contributed by atoms with E-state index in [0.717, 1.165) is 18.7 Å². The summed E-state index contributed by atoms with van der Waals surface area (Å²) in [4.78, 5) is 0. The second kappa shape index (κ2) is 6.85. The monoisotopic (exact) mass is 170 g/mol. The van der Waals surface area contributed by atoms with Crippen molar-refractivity contribution >= 4 is 0 Å². The first-order chi connectivity index (χ1) is 5.83. The molecule has 0 aromatic carbocycles. The summed E-state index contributed by atoms with van der Waals surface area (Å²) in [5.74, 6) is 0. The normalized spacial score (nSPS) is 9.00. The smallest absolute Gasteiger partial charge is 0.0647 e. The lowest BCUT2D eigenvalue weighted by molar-refractivity contribution is 0.201. The van der Waals surface area contributed by atoms with Gasteiger partial charge in [0.1, 0.15) is 0 Å². The summed E-state index contributed by atoms with van der Waals surface area (Å²) in [6.07, 6.45) is 2.84. The van der Waals surface area contributed by atoms with Gasteiger partial charge in [0.15, 0.2) is 0 Å². The molecule has 0 bridgehead atoms. The molecule has 0 amide bonds. The van der Waals surface area contributed by atoms with Crippen LogP contribution in [0, 0.1) is 0 Å². The molecule has 3 heteroatoms. The van der Waals surface area contributed by atoms with E-state index in [0.29, 0.717) is 0 Å². The average Bonchev–Trinajstić information content (AvgIpc) is 2.51. The fourth-order valence-electron chi connectivity index (χ4n) is 0.803. The summed E-state index contributed by atoms with van der Waals surface area (Å²) in [7, 11) is 3.61. The van der Waals surface area contributed by atoms with E-state index >= 15 is 0 Å². The van der Waals surface area contributed by atoms with E-state index < -0.39 is 0 Å². The van der Waals surface area contributed by atoms with Crippen LogP contribution in [0.15, 0.2) is 12.3 Å². The predicted molar refractivity (Wildman–Crippen MR) is 50.1 cm³/mol. The number of methoxy groups -OCH3 is 1. The second-order valence-corrected chi connectivity index (χ2v) is 2.22. The molecule has 1 rings (SSSR count). The minimum Gasteiger partial charge on any atom is -0.384 e. The van der Waals surface area contributed by atoms with Crippen molar-refractivity contribution in [2.24, 2.45) is 7.05 Å². The first-order valence-electron chi connectivity index (χ1n) is 4.30. The SMILES string of the molecule is CC.COCCc1ccn(C)n1. The average molecular weight is 170 g/mol. The summed E-state index contributed by atoms with van der Waals surface area (Å²) < 4.78 is 6.70. The highest BCUT2D eigenvalue weighted by atomic mass is 16.5. The van der Waals surface area contributed by atoms with E-state index in [-0.39, 0.29) is 0 Å². The van der Waals surface area contributed by atoms with Gasteiger partial charge in [-0.3, -0.25) is 4.68 Å². The van der Waals surface area contributed by atoms with Crippen LogP contribution in [0.2, 0.25) is 0 Å². The third-order valence-electron chi connectivity index (χ3n) is 1.33. The molecule has 0 unspecified atom stereocenters. The standard InChI is InChI=1S/C7H12N2O.C2H6/c1-9-5-3-7(8-9)4-6-10-2;1-2/h3,5H,4,6H2,1-2H3;1-2H3. The van der Waals surface area contributed by atoms with Crippen molar-refractivity contribution in [1.29, 1.82) is 0 Å². The van der Waals surface area contributed by atoms with E-state index in [1.165, 1.54) is 0 Å². The van der Waals surface area contributed by atoms with Crippen molar-refractivity contribution in [2.45, 2.75) is 20.3 Å². The van der Waals surface area contributed by atoms with Crippen LogP contribution in [-0.4, -0.2) is 23.5 Å². The number of nitrogens with zero attached hydrogens (tertiary/aromatic N) is 2. The molecule has 0 saturated carbocycles. The lowest BCUT2D eigenvalue weighted by Gasteiger charge is -1.92. The van der Waals surface area contributed by atoms with E-state index in [1.54, 1.807) is 11.8 Å². The van der Waals surface area contributed by atoms with Gasteiger partial charge >= 0.3 is 0 Å². The van der Waals surface area contributed by atoms with Gasteiger partial charge in [-0.05, 0) is 6.07 Å². The molecule has 12 heavy (non-hydrogen) atoms. The Balaban J connectivity index is 0.000000561. The topological polar surface area (TPSA) is 27.1 Å². The Morgan fingerprint density at radius 3 is 2.58 bits per heavy atom. The highest BCUT2D eigenvalue weighted by molar-refractivity contribution is 4.98.